The molecular formula is C10H6F8O2. The van der Waals surface area contributed by atoms with Crippen LogP contribution in [0.1, 0.15) is 11.7 Å². The number of hydrogen-bond donors (Lipinski definition) is 1. The van der Waals surface area contributed by atoms with Crippen molar-refractivity contribution in [1.82, 2.24) is 0 Å². The van der Waals surface area contributed by atoms with Crippen LogP contribution in [-0.2, 0) is 0 Å². The third-order valence-corrected chi connectivity index (χ3v) is 2.16. The van der Waals surface area contributed by atoms with E-state index in [0.29, 0.717) is 12.1 Å². The first-order chi connectivity index (χ1) is 8.86. The van der Waals surface area contributed by atoms with E-state index < -0.39 is 35.9 Å². The predicted octanol–water partition coefficient (Wildman–Crippen LogP) is 3.82. The Bertz CT molecular complexity index is 465. The van der Waals surface area contributed by atoms with E-state index in [1.807, 2.05) is 0 Å². The van der Waals surface area contributed by atoms with E-state index in [9.17, 15) is 35.1 Å². The Morgan fingerprint density at radius 2 is 1.40 bits per heavy atom. The maximum atomic E-state index is 12.9. The van der Waals surface area contributed by atoms with E-state index in [1.165, 1.54) is 0 Å². The Morgan fingerprint density at radius 1 is 0.900 bits per heavy atom. The lowest BCUT2D eigenvalue weighted by atomic mass is 10.0. The van der Waals surface area contributed by atoms with Gasteiger partial charge in [0.05, 0.1) is 0 Å². The quantitative estimate of drug-likeness (QED) is 0.860. The van der Waals surface area contributed by atoms with Gasteiger partial charge in [-0.15, -0.1) is 13.2 Å². The smallest absolute Gasteiger partial charge is 0.405 e. The predicted molar refractivity (Wildman–Crippen MR) is 49.1 cm³/mol. The van der Waals surface area contributed by atoms with Crippen LogP contribution in [0.25, 0.3) is 0 Å². The molecule has 1 N–H and O–H groups in total. The van der Waals surface area contributed by atoms with Gasteiger partial charge >= 0.3 is 18.5 Å². The average Bonchev–Trinajstić information content (AvgIpc) is 2.25. The SMILES string of the molecule is OC(c1ccccc1OC(F)(F)F)C(F)(F)C(F)(F)F. The van der Waals surface area contributed by atoms with Crippen molar-refractivity contribution in [3.05, 3.63) is 29.8 Å². The Morgan fingerprint density at radius 3 is 1.85 bits per heavy atom. The highest BCUT2D eigenvalue weighted by Crippen LogP contribution is 2.46. The van der Waals surface area contributed by atoms with Crippen molar-refractivity contribution in [2.75, 3.05) is 0 Å². The molecule has 0 amide bonds. The van der Waals surface area contributed by atoms with E-state index in [4.69, 9.17) is 5.11 Å². The number of alkyl halides is 8. The zero-order valence-corrected chi connectivity index (χ0v) is 9.27. The van der Waals surface area contributed by atoms with Crippen LogP contribution in [0.15, 0.2) is 24.3 Å². The Kier molecular flexibility index (Phi) is 4.18. The van der Waals surface area contributed by atoms with Gasteiger partial charge < -0.3 is 9.84 Å². The van der Waals surface area contributed by atoms with Gasteiger partial charge in [-0.2, -0.15) is 22.0 Å². The molecule has 20 heavy (non-hydrogen) atoms. The normalized spacial score (nSPS) is 15.1. The fraction of sp³-hybridized carbons (Fsp3) is 0.400. The van der Waals surface area contributed by atoms with Gasteiger partial charge in [0.2, 0.25) is 0 Å². The van der Waals surface area contributed by atoms with Crippen LogP contribution in [0.3, 0.4) is 0 Å². The fourth-order valence-electron chi connectivity index (χ4n) is 1.27. The molecule has 0 aliphatic rings. The van der Waals surface area contributed by atoms with Gasteiger partial charge in [-0.05, 0) is 6.07 Å². The number of halogens is 8. The number of aliphatic hydroxyl groups excluding tert-OH is 1. The molecule has 0 aromatic heterocycles. The highest BCUT2D eigenvalue weighted by atomic mass is 19.4. The molecule has 0 aliphatic carbocycles. The minimum Gasteiger partial charge on any atom is -0.405 e. The van der Waals surface area contributed by atoms with Gasteiger partial charge in [0.15, 0.2) is 6.10 Å². The Hall–Kier alpha value is -1.58. The zero-order valence-electron chi connectivity index (χ0n) is 9.27. The molecule has 1 aromatic carbocycles. The number of rotatable bonds is 3. The third kappa shape index (κ3) is 3.50. The van der Waals surface area contributed by atoms with Crippen LogP contribution in [0.2, 0.25) is 0 Å². The van der Waals surface area contributed by atoms with Crippen molar-refractivity contribution in [2.45, 2.75) is 24.6 Å². The van der Waals surface area contributed by atoms with Crippen LogP contribution in [0.4, 0.5) is 35.1 Å². The minimum atomic E-state index is -6.13. The molecule has 2 nitrogen and oxygen atoms in total. The molecule has 1 rings (SSSR count). The Balaban J connectivity index is 3.20. The van der Waals surface area contributed by atoms with E-state index in [1.54, 1.807) is 0 Å². The summed E-state index contributed by atoms with van der Waals surface area (Å²) in [6.07, 6.45) is -15.0. The second kappa shape index (κ2) is 5.08. The largest absolute Gasteiger partial charge is 0.573 e. The summed E-state index contributed by atoms with van der Waals surface area (Å²) < 4.78 is 101. The third-order valence-electron chi connectivity index (χ3n) is 2.16. The molecule has 1 aromatic rings. The molecule has 1 atom stereocenters. The first-order valence-electron chi connectivity index (χ1n) is 4.83. The number of para-hydroxylation sites is 1. The van der Waals surface area contributed by atoms with Gasteiger partial charge in [-0.1, -0.05) is 18.2 Å². The lowest BCUT2D eigenvalue weighted by molar-refractivity contribution is -0.316. The maximum absolute atomic E-state index is 12.9. The highest BCUT2D eigenvalue weighted by molar-refractivity contribution is 5.36. The molecule has 114 valence electrons. The molecule has 0 saturated heterocycles. The average molecular weight is 310 g/mol. The van der Waals surface area contributed by atoms with E-state index in [2.05, 4.69) is 4.74 Å². The van der Waals surface area contributed by atoms with Crippen LogP contribution in [-0.4, -0.2) is 23.6 Å². The maximum Gasteiger partial charge on any atom is 0.573 e. The summed E-state index contributed by atoms with van der Waals surface area (Å²) in [5, 5.41) is 9.04. The summed E-state index contributed by atoms with van der Waals surface area (Å²) >= 11 is 0. The molecule has 1 unspecified atom stereocenters. The lowest BCUT2D eigenvalue weighted by Crippen LogP contribution is -2.42. The number of benzene rings is 1. The summed E-state index contributed by atoms with van der Waals surface area (Å²) in [5.74, 6) is -6.96. The summed E-state index contributed by atoms with van der Waals surface area (Å²) in [4.78, 5) is 0. The van der Waals surface area contributed by atoms with Gasteiger partial charge in [0.1, 0.15) is 5.75 Å². The molecule has 0 spiro atoms. The van der Waals surface area contributed by atoms with Crippen molar-refractivity contribution >= 4 is 0 Å². The first kappa shape index (κ1) is 16.5. The van der Waals surface area contributed by atoms with Gasteiger partial charge in [-0.25, -0.2) is 0 Å². The van der Waals surface area contributed by atoms with Crippen molar-refractivity contribution in [3.8, 4) is 5.75 Å². The molecule has 0 heterocycles. The number of ether oxygens (including phenoxy) is 1. The summed E-state index contributed by atoms with van der Waals surface area (Å²) in [5.41, 5.74) is -1.33. The Labute approximate surface area is 106 Å². The topological polar surface area (TPSA) is 29.5 Å². The molecule has 10 heteroatoms. The second-order valence-corrected chi connectivity index (χ2v) is 3.61. The number of hydrogen-bond acceptors (Lipinski definition) is 2. The van der Waals surface area contributed by atoms with Gasteiger partial charge in [-0.3, -0.25) is 0 Å². The minimum absolute atomic E-state index is 0.478. The summed E-state index contributed by atoms with van der Waals surface area (Å²) in [6, 6.07) is 2.79. The van der Waals surface area contributed by atoms with Crippen molar-refractivity contribution < 1.29 is 45.0 Å². The molecule has 0 radical (unpaired) electrons. The van der Waals surface area contributed by atoms with E-state index in [-0.39, 0.29) is 0 Å². The number of aliphatic hydroxyl groups is 1. The molecule has 0 bridgehead atoms. The van der Waals surface area contributed by atoms with Crippen LogP contribution in [0.5, 0.6) is 5.75 Å². The fourth-order valence-corrected chi connectivity index (χ4v) is 1.27. The highest BCUT2D eigenvalue weighted by Gasteiger charge is 2.63. The molecule has 0 saturated carbocycles. The van der Waals surface area contributed by atoms with Crippen molar-refractivity contribution in [3.63, 3.8) is 0 Å². The van der Waals surface area contributed by atoms with Crippen molar-refractivity contribution in [1.29, 1.82) is 0 Å². The molecule has 0 fully saturated rings. The van der Waals surface area contributed by atoms with Crippen LogP contribution in [0, 0.1) is 0 Å². The monoisotopic (exact) mass is 310 g/mol. The second-order valence-electron chi connectivity index (χ2n) is 3.61. The van der Waals surface area contributed by atoms with Gasteiger partial charge in [0.25, 0.3) is 0 Å². The van der Waals surface area contributed by atoms with E-state index >= 15 is 0 Å². The van der Waals surface area contributed by atoms with E-state index in [0.717, 1.165) is 12.1 Å². The van der Waals surface area contributed by atoms with Gasteiger partial charge in [0, 0.05) is 5.56 Å². The van der Waals surface area contributed by atoms with Crippen LogP contribution < -0.4 is 4.74 Å². The van der Waals surface area contributed by atoms with Crippen molar-refractivity contribution in [2.24, 2.45) is 0 Å². The molecule has 0 aliphatic heterocycles. The zero-order chi connectivity index (χ0) is 15.8. The standard InChI is InChI=1S/C10H6F8O2/c11-8(12,9(13,14)15)7(19)5-3-1-2-4-6(5)20-10(16,17)18/h1-4,7,19H. The summed E-state index contributed by atoms with van der Waals surface area (Å²) in [7, 11) is 0. The summed E-state index contributed by atoms with van der Waals surface area (Å²) in [6.45, 7) is 0. The van der Waals surface area contributed by atoms with Crippen LogP contribution >= 0.6 is 0 Å². The molecular weight excluding hydrogens is 304 g/mol. The lowest BCUT2D eigenvalue weighted by Gasteiger charge is -2.26. The first-order valence-corrected chi connectivity index (χ1v) is 4.83.